The highest BCUT2D eigenvalue weighted by Gasteiger charge is 2.37. The van der Waals surface area contributed by atoms with E-state index in [1.165, 1.54) is 21.1 Å². The molecule has 0 aromatic rings. The smallest absolute Gasteiger partial charge is 0.277 e. The van der Waals surface area contributed by atoms with Gasteiger partial charge < -0.3 is 19.5 Å². The van der Waals surface area contributed by atoms with Crippen LogP contribution >= 0.6 is 0 Å². The summed E-state index contributed by atoms with van der Waals surface area (Å²) in [5.74, 6) is -0.495. The van der Waals surface area contributed by atoms with E-state index >= 15 is 0 Å². The average molecular weight is 201 g/mol. The van der Waals surface area contributed by atoms with Crippen molar-refractivity contribution in [2.45, 2.75) is 19.1 Å². The SMILES string of the molecule is COC1=CCC(CNC(C)=O)(OC)O1. The Kier molecular flexibility index (Phi) is 3.35. The molecule has 1 amide bonds. The first-order chi connectivity index (χ1) is 6.62. The van der Waals surface area contributed by atoms with Gasteiger partial charge in [-0.25, -0.2) is 0 Å². The maximum absolute atomic E-state index is 10.7. The third kappa shape index (κ3) is 2.38. The topological polar surface area (TPSA) is 56.8 Å². The maximum atomic E-state index is 10.7. The molecule has 0 bridgehead atoms. The van der Waals surface area contributed by atoms with Gasteiger partial charge >= 0.3 is 0 Å². The van der Waals surface area contributed by atoms with E-state index in [4.69, 9.17) is 14.2 Å². The van der Waals surface area contributed by atoms with E-state index in [1.807, 2.05) is 0 Å². The number of carbonyl (C=O) groups excluding carboxylic acids is 1. The fraction of sp³-hybridized carbons (Fsp3) is 0.667. The summed E-state index contributed by atoms with van der Waals surface area (Å²) in [4.78, 5) is 10.7. The number of nitrogens with one attached hydrogen (secondary N) is 1. The second kappa shape index (κ2) is 4.32. The minimum absolute atomic E-state index is 0.115. The van der Waals surface area contributed by atoms with Crippen molar-refractivity contribution in [3.8, 4) is 0 Å². The summed E-state index contributed by atoms with van der Waals surface area (Å²) < 4.78 is 15.5. The standard InChI is InChI=1S/C9H15NO4/c1-7(11)10-6-9(13-3)5-4-8(12-2)14-9/h4H,5-6H2,1-3H3,(H,10,11). The van der Waals surface area contributed by atoms with Crippen molar-refractivity contribution < 1.29 is 19.0 Å². The first-order valence-corrected chi connectivity index (χ1v) is 4.34. The maximum Gasteiger partial charge on any atom is 0.277 e. The Bertz CT molecular complexity index is 251. The van der Waals surface area contributed by atoms with Crippen LogP contribution in [0.3, 0.4) is 0 Å². The van der Waals surface area contributed by atoms with Gasteiger partial charge in [-0.3, -0.25) is 4.79 Å². The summed E-state index contributed by atoms with van der Waals surface area (Å²) >= 11 is 0. The quantitative estimate of drug-likeness (QED) is 0.714. The van der Waals surface area contributed by atoms with Crippen LogP contribution in [0.5, 0.6) is 0 Å². The van der Waals surface area contributed by atoms with Crippen LogP contribution in [-0.4, -0.2) is 32.5 Å². The van der Waals surface area contributed by atoms with E-state index in [0.29, 0.717) is 18.9 Å². The number of ether oxygens (including phenoxy) is 3. The molecule has 1 unspecified atom stereocenters. The van der Waals surface area contributed by atoms with Gasteiger partial charge in [-0.15, -0.1) is 0 Å². The van der Waals surface area contributed by atoms with Crippen LogP contribution in [0.15, 0.2) is 12.0 Å². The molecule has 0 saturated heterocycles. The van der Waals surface area contributed by atoms with Crippen molar-refractivity contribution in [2.24, 2.45) is 0 Å². The lowest BCUT2D eigenvalue weighted by Gasteiger charge is -2.27. The van der Waals surface area contributed by atoms with Crippen LogP contribution in [0, 0.1) is 0 Å². The second-order valence-corrected chi connectivity index (χ2v) is 3.06. The summed E-state index contributed by atoms with van der Waals surface area (Å²) in [6.45, 7) is 1.76. The summed E-state index contributed by atoms with van der Waals surface area (Å²) in [7, 11) is 3.06. The van der Waals surface area contributed by atoms with Gasteiger partial charge in [0.25, 0.3) is 5.95 Å². The minimum Gasteiger partial charge on any atom is -0.469 e. The van der Waals surface area contributed by atoms with Crippen molar-refractivity contribution in [1.29, 1.82) is 0 Å². The van der Waals surface area contributed by atoms with E-state index in [-0.39, 0.29) is 5.91 Å². The molecule has 0 aromatic heterocycles. The van der Waals surface area contributed by atoms with Crippen molar-refractivity contribution in [1.82, 2.24) is 5.32 Å². The van der Waals surface area contributed by atoms with E-state index < -0.39 is 5.79 Å². The predicted molar refractivity (Wildman–Crippen MR) is 49.2 cm³/mol. The van der Waals surface area contributed by atoms with Gasteiger partial charge in [-0.05, 0) is 0 Å². The van der Waals surface area contributed by atoms with E-state index in [0.717, 1.165) is 0 Å². The summed E-state index contributed by atoms with van der Waals surface area (Å²) in [5.41, 5.74) is 0. The largest absolute Gasteiger partial charge is 0.469 e. The van der Waals surface area contributed by atoms with Crippen LogP contribution in [0.2, 0.25) is 0 Å². The van der Waals surface area contributed by atoms with Gasteiger partial charge in [0.05, 0.1) is 13.7 Å². The number of hydrogen-bond acceptors (Lipinski definition) is 4. The van der Waals surface area contributed by atoms with Crippen LogP contribution in [0.1, 0.15) is 13.3 Å². The number of hydrogen-bond donors (Lipinski definition) is 1. The third-order valence-corrected chi connectivity index (χ3v) is 2.05. The monoisotopic (exact) mass is 201 g/mol. The first kappa shape index (κ1) is 10.8. The van der Waals surface area contributed by atoms with Crippen LogP contribution < -0.4 is 5.32 Å². The van der Waals surface area contributed by atoms with Crippen molar-refractivity contribution >= 4 is 5.91 Å². The highest BCUT2D eigenvalue weighted by Crippen LogP contribution is 2.28. The molecule has 0 aliphatic carbocycles. The van der Waals surface area contributed by atoms with Crippen LogP contribution in [-0.2, 0) is 19.0 Å². The molecule has 5 nitrogen and oxygen atoms in total. The molecule has 1 aliphatic heterocycles. The van der Waals surface area contributed by atoms with Gasteiger partial charge in [0.2, 0.25) is 11.7 Å². The highest BCUT2D eigenvalue weighted by molar-refractivity contribution is 5.72. The lowest BCUT2D eigenvalue weighted by atomic mass is 10.2. The Balaban J connectivity index is 2.50. The zero-order valence-corrected chi connectivity index (χ0v) is 8.62. The van der Waals surface area contributed by atoms with Gasteiger partial charge in [-0.2, -0.15) is 0 Å². The van der Waals surface area contributed by atoms with E-state index in [9.17, 15) is 4.79 Å². The Hall–Kier alpha value is -1.23. The lowest BCUT2D eigenvalue weighted by Crippen LogP contribution is -2.43. The summed E-state index contributed by atoms with van der Waals surface area (Å²) in [6.07, 6.45) is 2.35. The molecule has 80 valence electrons. The molecule has 1 N–H and O–H groups in total. The molecular formula is C9H15NO4. The number of amides is 1. The van der Waals surface area contributed by atoms with Crippen molar-refractivity contribution in [3.63, 3.8) is 0 Å². The lowest BCUT2D eigenvalue weighted by molar-refractivity contribution is -0.201. The van der Waals surface area contributed by atoms with E-state index in [2.05, 4.69) is 5.32 Å². The van der Waals surface area contributed by atoms with Gasteiger partial charge in [0.15, 0.2) is 0 Å². The molecule has 0 radical (unpaired) electrons. The Morgan fingerprint density at radius 3 is 2.86 bits per heavy atom. The fourth-order valence-corrected chi connectivity index (χ4v) is 1.20. The second-order valence-electron chi connectivity index (χ2n) is 3.06. The summed E-state index contributed by atoms with van der Waals surface area (Å²) in [5, 5.41) is 2.65. The predicted octanol–water partition coefficient (Wildman–Crippen LogP) is 0.373. The van der Waals surface area contributed by atoms with Crippen molar-refractivity contribution in [2.75, 3.05) is 20.8 Å². The van der Waals surface area contributed by atoms with Gasteiger partial charge in [-0.1, -0.05) is 0 Å². The molecule has 1 atom stereocenters. The molecule has 0 fully saturated rings. The molecule has 0 saturated carbocycles. The van der Waals surface area contributed by atoms with Crippen LogP contribution in [0.25, 0.3) is 0 Å². The highest BCUT2D eigenvalue weighted by atomic mass is 16.8. The van der Waals surface area contributed by atoms with Crippen LogP contribution in [0.4, 0.5) is 0 Å². The Morgan fingerprint density at radius 2 is 2.43 bits per heavy atom. The number of carbonyl (C=O) groups is 1. The zero-order valence-electron chi connectivity index (χ0n) is 8.62. The molecule has 1 rings (SSSR count). The molecule has 1 aliphatic rings. The van der Waals surface area contributed by atoms with Gasteiger partial charge in [0, 0.05) is 26.5 Å². The Labute approximate surface area is 83.0 Å². The average Bonchev–Trinajstić information content (AvgIpc) is 2.59. The van der Waals surface area contributed by atoms with Gasteiger partial charge in [0.1, 0.15) is 0 Å². The Morgan fingerprint density at radius 1 is 1.71 bits per heavy atom. The molecule has 0 aromatic carbocycles. The number of methoxy groups -OCH3 is 2. The normalized spacial score (nSPS) is 25.2. The summed E-state index contributed by atoms with van der Waals surface area (Å²) in [6, 6.07) is 0. The minimum atomic E-state index is -0.809. The fourth-order valence-electron chi connectivity index (χ4n) is 1.20. The van der Waals surface area contributed by atoms with Crippen molar-refractivity contribution in [3.05, 3.63) is 12.0 Å². The first-order valence-electron chi connectivity index (χ1n) is 4.34. The van der Waals surface area contributed by atoms with E-state index in [1.54, 1.807) is 6.08 Å². The third-order valence-electron chi connectivity index (χ3n) is 2.05. The zero-order chi connectivity index (χ0) is 10.6. The molecule has 14 heavy (non-hydrogen) atoms. The molecule has 0 spiro atoms. The molecule has 5 heteroatoms. The number of rotatable bonds is 4. The molecule has 1 heterocycles. The molecular weight excluding hydrogens is 186 g/mol.